The van der Waals surface area contributed by atoms with Crippen LogP contribution in [-0.2, 0) is 11.2 Å². The Labute approximate surface area is 143 Å². The molecule has 5 nitrogen and oxygen atoms in total. The predicted molar refractivity (Wildman–Crippen MR) is 97.0 cm³/mol. The summed E-state index contributed by atoms with van der Waals surface area (Å²) in [7, 11) is 0. The summed E-state index contributed by atoms with van der Waals surface area (Å²) in [5, 5.41) is 11.6. The number of hydrogen-bond acceptors (Lipinski definition) is 3. The van der Waals surface area contributed by atoms with Crippen molar-refractivity contribution >= 4 is 23.2 Å². The molecule has 0 aromatic carbocycles. The number of guanidine groups is 1. The Morgan fingerprint density at radius 2 is 2.13 bits per heavy atom. The minimum Gasteiger partial charge on any atom is -0.357 e. The van der Waals surface area contributed by atoms with Gasteiger partial charge in [0.2, 0.25) is 5.91 Å². The first-order valence-corrected chi connectivity index (χ1v) is 9.50. The molecule has 1 heterocycles. The highest BCUT2D eigenvalue weighted by Gasteiger charge is 2.15. The molecule has 0 aliphatic heterocycles. The van der Waals surface area contributed by atoms with Crippen molar-refractivity contribution in [3.63, 3.8) is 0 Å². The molecule has 2 rings (SSSR count). The summed E-state index contributed by atoms with van der Waals surface area (Å²) in [6.45, 7) is 3.81. The highest BCUT2D eigenvalue weighted by molar-refractivity contribution is 7.09. The molecule has 1 aromatic rings. The maximum absolute atomic E-state index is 12.0. The second-order valence-corrected chi connectivity index (χ2v) is 6.89. The molecule has 0 saturated heterocycles. The summed E-state index contributed by atoms with van der Waals surface area (Å²) in [4.78, 5) is 17.7. The van der Waals surface area contributed by atoms with Crippen LogP contribution in [0.5, 0.6) is 0 Å². The molecule has 1 amide bonds. The van der Waals surface area contributed by atoms with Crippen molar-refractivity contribution in [2.24, 2.45) is 4.99 Å². The van der Waals surface area contributed by atoms with Crippen LogP contribution in [0.25, 0.3) is 0 Å². The average Bonchev–Trinajstić information content (AvgIpc) is 3.07. The predicted octanol–water partition coefficient (Wildman–Crippen LogP) is 2.29. The first-order chi connectivity index (χ1) is 11.3. The average molecular weight is 337 g/mol. The number of carbonyl (C=O) groups excluding carboxylic acids is 1. The zero-order chi connectivity index (χ0) is 16.3. The Bertz CT molecular complexity index is 481. The number of rotatable bonds is 7. The van der Waals surface area contributed by atoms with E-state index in [1.54, 1.807) is 11.3 Å². The number of carbonyl (C=O) groups is 1. The van der Waals surface area contributed by atoms with Gasteiger partial charge in [0.15, 0.2) is 5.96 Å². The van der Waals surface area contributed by atoms with Crippen LogP contribution in [0.1, 0.15) is 43.9 Å². The summed E-state index contributed by atoms with van der Waals surface area (Å²) < 4.78 is 0. The Morgan fingerprint density at radius 1 is 1.30 bits per heavy atom. The molecular formula is C17H28N4OS. The van der Waals surface area contributed by atoms with Gasteiger partial charge in [0.05, 0.1) is 0 Å². The van der Waals surface area contributed by atoms with Gasteiger partial charge < -0.3 is 16.0 Å². The van der Waals surface area contributed by atoms with Gasteiger partial charge in [-0.15, -0.1) is 11.3 Å². The molecule has 0 atom stereocenters. The molecule has 1 fully saturated rings. The Kier molecular flexibility index (Phi) is 7.93. The zero-order valence-electron chi connectivity index (χ0n) is 13.9. The molecule has 3 N–H and O–H groups in total. The van der Waals surface area contributed by atoms with Crippen LogP contribution in [0.3, 0.4) is 0 Å². The van der Waals surface area contributed by atoms with Gasteiger partial charge in [-0.1, -0.05) is 25.3 Å². The molecule has 1 aliphatic carbocycles. The third-order valence-electron chi connectivity index (χ3n) is 3.94. The Hall–Kier alpha value is -1.56. The quantitative estimate of drug-likeness (QED) is 0.529. The molecule has 0 unspecified atom stereocenters. The summed E-state index contributed by atoms with van der Waals surface area (Å²) in [6, 6.07) is 4.55. The number of nitrogens with one attached hydrogen (secondary N) is 3. The number of amides is 1. The number of thiophene rings is 1. The fourth-order valence-corrected chi connectivity index (χ4v) is 3.48. The summed E-state index contributed by atoms with van der Waals surface area (Å²) >= 11 is 1.76. The van der Waals surface area contributed by atoms with E-state index in [9.17, 15) is 4.79 Å². The summed E-state index contributed by atoms with van der Waals surface area (Å²) in [5.74, 6) is 0.732. The van der Waals surface area contributed by atoms with E-state index in [1.807, 2.05) is 6.92 Å². The number of nitrogens with zero attached hydrogens (tertiary/aromatic N) is 1. The first kappa shape index (κ1) is 17.8. The topological polar surface area (TPSA) is 65.5 Å². The molecular weight excluding hydrogens is 308 g/mol. The van der Waals surface area contributed by atoms with Crippen LogP contribution in [0.15, 0.2) is 22.5 Å². The van der Waals surface area contributed by atoms with Gasteiger partial charge in [0, 0.05) is 24.0 Å². The van der Waals surface area contributed by atoms with E-state index in [2.05, 4.69) is 38.5 Å². The highest BCUT2D eigenvalue weighted by Crippen LogP contribution is 2.17. The SMILES string of the molecule is CCNC(=NCC(=O)NC1CCCCC1)NCCc1cccs1. The molecule has 1 aliphatic rings. The van der Waals surface area contributed by atoms with Gasteiger partial charge in [-0.25, -0.2) is 4.99 Å². The lowest BCUT2D eigenvalue weighted by Gasteiger charge is -2.22. The lowest BCUT2D eigenvalue weighted by molar-refractivity contribution is -0.120. The van der Waals surface area contributed by atoms with Crippen LogP contribution in [-0.4, -0.2) is 37.5 Å². The third-order valence-corrected chi connectivity index (χ3v) is 4.88. The first-order valence-electron chi connectivity index (χ1n) is 8.62. The van der Waals surface area contributed by atoms with E-state index in [1.165, 1.54) is 24.1 Å². The van der Waals surface area contributed by atoms with E-state index >= 15 is 0 Å². The Balaban J connectivity index is 1.71. The zero-order valence-corrected chi connectivity index (χ0v) is 14.8. The summed E-state index contributed by atoms with van der Waals surface area (Å²) in [5.41, 5.74) is 0. The van der Waals surface area contributed by atoms with E-state index in [0.29, 0.717) is 12.0 Å². The van der Waals surface area contributed by atoms with E-state index in [0.717, 1.165) is 32.4 Å². The normalized spacial score (nSPS) is 16.1. The van der Waals surface area contributed by atoms with Crippen LogP contribution in [0.4, 0.5) is 0 Å². The van der Waals surface area contributed by atoms with Gasteiger partial charge in [-0.05, 0) is 37.6 Å². The van der Waals surface area contributed by atoms with E-state index in [-0.39, 0.29) is 12.5 Å². The number of hydrogen-bond donors (Lipinski definition) is 3. The van der Waals surface area contributed by atoms with Crippen LogP contribution < -0.4 is 16.0 Å². The van der Waals surface area contributed by atoms with Crippen molar-refractivity contribution in [1.29, 1.82) is 0 Å². The maximum Gasteiger partial charge on any atom is 0.242 e. The van der Waals surface area contributed by atoms with Gasteiger partial charge in [0.1, 0.15) is 6.54 Å². The highest BCUT2D eigenvalue weighted by atomic mass is 32.1. The van der Waals surface area contributed by atoms with Crippen molar-refractivity contribution in [2.45, 2.75) is 51.5 Å². The second kappa shape index (κ2) is 10.3. The van der Waals surface area contributed by atoms with Gasteiger partial charge >= 0.3 is 0 Å². The number of aliphatic imine (C=N–C) groups is 1. The molecule has 128 valence electrons. The van der Waals surface area contributed by atoms with Crippen molar-refractivity contribution in [1.82, 2.24) is 16.0 Å². The molecule has 1 saturated carbocycles. The van der Waals surface area contributed by atoms with Gasteiger partial charge in [-0.3, -0.25) is 4.79 Å². The maximum atomic E-state index is 12.0. The van der Waals surface area contributed by atoms with E-state index in [4.69, 9.17) is 0 Å². The third kappa shape index (κ3) is 7.03. The van der Waals surface area contributed by atoms with Crippen LogP contribution in [0.2, 0.25) is 0 Å². The lowest BCUT2D eigenvalue weighted by atomic mass is 9.95. The van der Waals surface area contributed by atoms with Crippen molar-refractivity contribution < 1.29 is 4.79 Å². The smallest absolute Gasteiger partial charge is 0.242 e. The molecule has 1 aromatic heterocycles. The molecule has 23 heavy (non-hydrogen) atoms. The minimum atomic E-state index is 0.0207. The molecule has 0 spiro atoms. The van der Waals surface area contributed by atoms with Gasteiger partial charge in [-0.2, -0.15) is 0 Å². The largest absolute Gasteiger partial charge is 0.357 e. The van der Waals surface area contributed by atoms with Gasteiger partial charge in [0.25, 0.3) is 0 Å². The van der Waals surface area contributed by atoms with Crippen molar-refractivity contribution in [3.05, 3.63) is 22.4 Å². The molecule has 0 bridgehead atoms. The summed E-state index contributed by atoms with van der Waals surface area (Å²) in [6.07, 6.45) is 6.92. The Morgan fingerprint density at radius 3 is 2.83 bits per heavy atom. The fraction of sp³-hybridized carbons (Fsp3) is 0.647. The van der Waals surface area contributed by atoms with Crippen molar-refractivity contribution in [3.8, 4) is 0 Å². The monoisotopic (exact) mass is 336 g/mol. The minimum absolute atomic E-state index is 0.0207. The molecule has 6 heteroatoms. The van der Waals surface area contributed by atoms with Crippen molar-refractivity contribution in [2.75, 3.05) is 19.6 Å². The standard InChI is InChI=1S/C17H28N4OS/c1-2-18-17(19-11-10-15-9-6-12-23-15)20-13-16(22)21-14-7-4-3-5-8-14/h6,9,12,14H,2-5,7-8,10-11,13H2,1H3,(H,21,22)(H2,18,19,20). The van der Waals surface area contributed by atoms with Crippen LogP contribution in [0, 0.1) is 0 Å². The fourth-order valence-electron chi connectivity index (χ4n) is 2.77. The van der Waals surface area contributed by atoms with E-state index < -0.39 is 0 Å². The lowest BCUT2D eigenvalue weighted by Crippen LogP contribution is -2.41. The van der Waals surface area contributed by atoms with Crippen LogP contribution >= 0.6 is 11.3 Å². The second-order valence-electron chi connectivity index (χ2n) is 5.85. The molecule has 0 radical (unpaired) electrons.